The van der Waals surface area contributed by atoms with Gasteiger partial charge in [-0.25, -0.2) is 4.98 Å². The molecule has 0 unspecified atom stereocenters. The number of nitrogens with zero attached hydrogens (tertiary/aromatic N) is 1. The number of oxazole rings is 1. The third kappa shape index (κ3) is 2.48. The molecule has 1 N–H and O–H groups in total. The van der Waals surface area contributed by atoms with Gasteiger partial charge < -0.3 is 9.73 Å². The van der Waals surface area contributed by atoms with Gasteiger partial charge >= 0.3 is 0 Å². The maximum absolute atomic E-state index is 12.2. The van der Waals surface area contributed by atoms with Crippen LogP contribution in [0.3, 0.4) is 0 Å². The number of carbonyl (C=O) groups excluding carboxylic acids is 1. The Kier molecular flexibility index (Phi) is 3.34. The Morgan fingerprint density at radius 3 is 2.80 bits per heavy atom. The van der Waals surface area contributed by atoms with Crippen LogP contribution in [0.4, 0.5) is 5.69 Å². The van der Waals surface area contributed by atoms with E-state index < -0.39 is 0 Å². The lowest BCUT2D eigenvalue weighted by atomic mass is 10.2. The molecule has 6 heteroatoms. The first kappa shape index (κ1) is 13.0. The zero-order valence-corrected chi connectivity index (χ0v) is 11.6. The van der Waals surface area contributed by atoms with Crippen LogP contribution in [0, 0.1) is 0 Å². The van der Waals surface area contributed by atoms with Gasteiger partial charge in [0.15, 0.2) is 12.0 Å². The highest BCUT2D eigenvalue weighted by Gasteiger charge is 2.10. The maximum Gasteiger partial charge on any atom is 0.255 e. The molecule has 0 aliphatic carbocycles. The van der Waals surface area contributed by atoms with E-state index in [9.17, 15) is 4.79 Å². The van der Waals surface area contributed by atoms with Crippen molar-refractivity contribution < 1.29 is 9.21 Å². The van der Waals surface area contributed by atoms with Gasteiger partial charge in [0, 0.05) is 10.6 Å². The molecular weight excluding hydrogens is 299 g/mol. The van der Waals surface area contributed by atoms with Gasteiger partial charge in [0.25, 0.3) is 5.91 Å². The topological polar surface area (TPSA) is 55.1 Å². The summed E-state index contributed by atoms with van der Waals surface area (Å²) in [5, 5.41) is 3.62. The number of hydrogen-bond acceptors (Lipinski definition) is 3. The van der Waals surface area contributed by atoms with Crippen molar-refractivity contribution >= 4 is 45.9 Å². The Morgan fingerprint density at radius 2 is 2.00 bits per heavy atom. The second-order valence-corrected chi connectivity index (χ2v) is 4.96. The molecule has 0 fully saturated rings. The standard InChI is InChI=1S/C14H8Cl2N2O2/c15-9-2-3-11(10(16)6-9)18-14(19)8-1-4-13-12(5-8)17-7-20-13/h1-7H,(H,18,19). The van der Waals surface area contributed by atoms with E-state index in [0.29, 0.717) is 32.4 Å². The number of amides is 1. The van der Waals surface area contributed by atoms with Gasteiger partial charge in [-0.15, -0.1) is 0 Å². The summed E-state index contributed by atoms with van der Waals surface area (Å²) in [7, 11) is 0. The fourth-order valence-corrected chi connectivity index (χ4v) is 2.24. The van der Waals surface area contributed by atoms with E-state index in [1.54, 1.807) is 36.4 Å². The third-order valence-electron chi connectivity index (χ3n) is 2.77. The zero-order chi connectivity index (χ0) is 14.1. The molecule has 3 aromatic rings. The molecule has 0 saturated heterocycles. The Hall–Kier alpha value is -2.04. The van der Waals surface area contributed by atoms with Crippen molar-refractivity contribution in [3.63, 3.8) is 0 Å². The van der Waals surface area contributed by atoms with Gasteiger partial charge in [0.05, 0.1) is 10.7 Å². The highest BCUT2D eigenvalue weighted by molar-refractivity contribution is 6.36. The van der Waals surface area contributed by atoms with Gasteiger partial charge in [-0.1, -0.05) is 23.2 Å². The molecule has 0 spiro atoms. The van der Waals surface area contributed by atoms with E-state index in [1.165, 1.54) is 6.39 Å². The molecule has 0 atom stereocenters. The molecule has 20 heavy (non-hydrogen) atoms. The number of benzene rings is 2. The summed E-state index contributed by atoms with van der Waals surface area (Å²) in [6.07, 6.45) is 1.34. The number of nitrogens with one attached hydrogen (secondary N) is 1. The fourth-order valence-electron chi connectivity index (χ4n) is 1.78. The molecule has 100 valence electrons. The number of halogens is 2. The quantitative estimate of drug-likeness (QED) is 0.764. The Balaban J connectivity index is 1.88. The molecule has 2 aromatic carbocycles. The third-order valence-corrected chi connectivity index (χ3v) is 3.32. The van der Waals surface area contributed by atoms with Crippen LogP contribution in [-0.2, 0) is 0 Å². The number of carbonyl (C=O) groups is 1. The van der Waals surface area contributed by atoms with Crippen molar-refractivity contribution in [2.45, 2.75) is 0 Å². The summed E-state index contributed by atoms with van der Waals surface area (Å²) in [6.45, 7) is 0. The highest BCUT2D eigenvalue weighted by Crippen LogP contribution is 2.26. The van der Waals surface area contributed by atoms with E-state index in [1.807, 2.05) is 0 Å². The average molecular weight is 307 g/mol. The minimum Gasteiger partial charge on any atom is -0.443 e. The number of hydrogen-bond donors (Lipinski definition) is 1. The molecule has 1 aromatic heterocycles. The van der Waals surface area contributed by atoms with Gasteiger partial charge in [-0.3, -0.25) is 4.79 Å². The second kappa shape index (κ2) is 5.15. The van der Waals surface area contributed by atoms with Gasteiger partial charge in [0.2, 0.25) is 0 Å². The molecule has 0 bridgehead atoms. The summed E-state index contributed by atoms with van der Waals surface area (Å²) in [4.78, 5) is 16.2. The van der Waals surface area contributed by atoms with Crippen molar-refractivity contribution in [1.82, 2.24) is 4.98 Å². The monoisotopic (exact) mass is 306 g/mol. The van der Waals surface area contributed by atoms with Crippen LogP contribution in [0.2, 0.25) is 10.0 Å². The zero-order valence-electron chi connectivity index (χ0n) is 10.1. The second-order valence-electron chi connectivity index (χ2n) is 4.11. The Bertz CT molecular complexity index is 799. The molecule has 0 aliphatic heterocycles. The smallest absolute Gasteiger partial charge is 0.255 e. The van der Waals surface area contributed by atoms with Crippen LogP contribution >= 0.6 is 23.2 Å². The summed E-state index contributed by atoms with van der Waals surface area (Å²) in [5.41, 5.74) is 2.23. The Labute approximate surface area is 124 Å². The predicted molar refractivity (Wildman–Crippen MR) is 78.4 cm³/mol. The van der Waals surface area contributed by atoms with Gasteiger partial charge in [-0.05, 0) is 36.4 Å². The molecule has 3 rings (SSSR count). The van der Waals surface area contributed by atoms with Crippen molar-refractivity contribution in [2.75, 3.05) is 5.32 Å². The average Bonchev–Trinajstić information content (AvgIpc) is 2.89. The highest BCUT2D eigenvalue weighted by atomic mass is 35.5. The number of fused-ring (bicyclic) bond motifs is 1. The summed E-state index contributed by atoms with van der Waals surface area (Å²) >= 11 is 11.8. The predicted octanol–water partition coefficient (Wildman–Crippen LogP) is 4.39. The minimum absolute atomic E-state index is 0.279. The van der Waals surface area contributed by atoms with Crippen molar-refractivity contribution in [3.8, 4) is 0 Å². The van der Waals surface area contributed by atoms with Crippen LogP contribution in [0.25, 0.3) is 11.1 Å². The first-order valence-electron chi connectivity index (χ1n) is 5.73. The van der Waals surface area contributed by atoms with E-state index in [-0.39, 0.29) is 5.91 Å². The van der Waals surface area contributed by atoms with Crippen LogP contribution < -0.4 is 5.32 Å². The first-order valence-corrected chi connectivity index (χ1v) is 6.49. The number of rotatable bonds is 2. The number of aromatic nitrogens is 1. The van der Waals surface area contributed by atoms with Crippen molar-refractivity contribution in [2.24, 2.45) is 0 Å². The van der Waals surface area contributed by atoms with E-state index in [0.717, 1.165) is 0 Å². The van der Waals surface area contributed by atoms with Crippen molar-refractivity contribution in [3.05, 3.63) is 58.4 Å². The molecule has 1 heterocycles. The van der Waals surface area contributed by atoms with Gasteiger partial charge in [-0.2, -0.15) is 0 Å². The van der Waals surface area contributed by atoms with Crippen LogP contribution in [0.15, 0.2) is 47.2 Å². The lowest BCUT2D eigenvalue weighted by Crippen LogP contribution is -2.12. The molecule has 1 amide bonds. The summed E-state index contributed by atoms with van der Waals surface area (Å²) in [6, 6.07) is 9.88. The first-order chi connectivity index (χ1) is 9.63. The largest absolute Gasteiger partial charge is 0.443 e. The molecular formula is C14H8Cl2N2O2. The Morgan fingerprint density at radius 1 is 1.15 bits per heavy atom. The van der Waals surface area contributed by atoms with E-state index >= 15 is 0 Å². The summed E-state index contributed by atoms with van der Waals surface area (Å²) < 4.78 is 5.12. The lowest BCUT2D eigenvalue weighted by molar-refractivity contribution is 0.102. The lowest BCUT2D eigenvalue weighted by Gasteiger charge is -2.07. The van der Waals surface area contributed by atoms with Crippen LogP contribution in [0.1, 0.15) is 10.4 Å². The minimum atomic E-state index is -0.279. The number of anilines is 1. The molecule has 4 nitrogen and oxygen atoms in total. The SMILES string of the molecule is O=C(Nc1ccc(Cl)cc1Cl)c1ccc2ocnc2c1. The fraction of sp³-hybridized carbons (Fsp3) is 0. The van der Waals surface area contributed by atoms with Crippen molar-refractivity contribution in [1.29, 1.82) is 0 Å². The van der Waals surface area contributed by atoms with E-state index in [2.05, 4.69) is 10.3 Å². The molecule has 0 aliphatic rings. The van der Waals surface area contributed by atoms with Crippen LogP contribution in [0.5, 0.6) is 0 Å². The van der Waals surface area contributed by atoms with Gasteiger partial charge in [0.1, 0.15) is 5.52 Å². The van der Waals surface area contributed by atoms with E-state index in [4.69, 9.17) is 27.6 Å². The molecule has 0 saturated carbocycles. The summed E-state index contributed by atoms with van der Waals surface area (Å²) in [5.74, 6) is -0.279. The molecule has 0 radical (unpaired) electrons. The normalized spacial score (nSPS) is 10.7. The maximum atomic E-state index is 12.2. The van der Waals surface area contributed by atoms with Crippen LogP contribution in [-0.4, -0.2) is 10.9 Å².